The Balaban J connectivity index is 1.41. The SMILES string of the molecule is CC(C)(C)c1cc2c3c(c1)-n1c4c(cccc4c4ccc5c(c6cccc7c8ccccc8n5c76)c41)B3c1ccccc1O2. The molecule has 0 aliphatic carbocycles. The molecule has 0 saturated heterocycles. The number of para-hydroxylation sites is 4. The van der Waals surface area contributed by atoms with Gasteiger partial charge in [0.25, 0.3) is 6.71 Å². The minimum atomic E-state index is -0.0365. The Kier molecular flexibility index (Phi) is 3.94. The number of aromatic nitrogens is 2. The van der Waals surface area contributed by atoms with Crippen LogP contribution in [0.25, 0.3) is 65.6 Å². The van der Waals surface area contributed by atoms with Gasteiger partial charge in [0.05, 0.1) is 22.1 Å². The Bertz CT molecular complexity index is 2740. The maximum Gasteiger partial charge on any atom is 0.256 e. The van der Waals surface area contributed by atoms with Crippen LogP contribution in [0.2, 0.25) is 0 Å². The predicted molar refractivity (Wildman–Crippen MR) is 185 cm³/mol. The van der Waals surface area contributed by atoms with E-state index in [1.165, 1.54) is 87.5 Å². The van der Waals surface area contributed by atoms with Crippen molar-refractivity contribution in [2.24, 2.45) is 0 Å². The number of hydrogen-bond acceptors (Lipinski definition) is 1. The average Bonchev–Trinajstić information content (AvgIpc) is 3.68. The summed E-state index contributed by atoms with van der Waals surface area (Å²) in [6.45, 7) is 7.01. The van der Waals surface area contributed by atoms with Gasteiger partial charge in [-0.1, -0.05) is 99.6 Å². The van der Waals surface area contributed by atoms with Gasteiger partial charge in [0.1, 0.15) is 11.5 Å². The molecule has 0 fully saturated rings. The van der Waals surface area contributed by atoms with Crippen molar-refractivity contribution in [3.63, 3.8) is 0 Å². The van der Waals surface area contributed by atoms with E-state index in [9.17, 15) is 0 Å². The van der Waals surface area contributed by atoms with Crippen LogP contribution in [0.1, 0.15) is 26.3 Å². The van der Waals surface area contributed by atoms with E-state index in [0.717, 1.165) is 11.5 Å². The van der Waals surface area contributed by atoms with Crippen molar-refractivity contribution in [3.05, 3.63) is 115 Å². The third-order valence-corrected chi connectivity index (χ3v) is 10.4. The number of nitrogens with zero attached hydrogens (tertiary/aromatic N) is 2. The zero-order valence-corrected chi connectivity index (χ0v) is 24.8. The van der Waals surface area contributed by atoms with E-state index in [1.54, 1.807) is 0 Å². The summed E-state index contributed by atoms with van der Waals surface area (Å²) in [4.78, 5) is 0. The van der Waals surface area contributed by atoms with Gasteiger partial charge in [-0.05, 0) is 57.7 Å². The van der Waals surface area contributed by atoms with Crippen molar-refractivity contribution in [1.29, 1.82) is 0 Å². The molecule has 0 N–H and O–H groups in total. The van der Waals surface area contributed by atoms with Gasteiger partial charge in [-0.15, -0.1) is 0 Å². The molecule has 0 unspecified atom stereocenters. The Morgan fingerprint density at radius 1 is 0.568 bits per heavy atom. The zero-order valence-electron chi connectivity index (χ0n) is 24.8. The van der Waals surface area contributed by atoms with Crippen LogP contribution < -0.4 is 21.1 Å². The lowest BCUT2D eigenvalue weighted by Crippen LogP contribution is -2.58. The minimum Gasteiger partial charge on any atom is -0.458 e. The fraction of sp³-hybridized carbons (Fsp3) is 0.100. The van der Waals surface area contributed by atoms with Gasteiger partial charge in [-0.2, -0.15) is 0 Å². The zero-order chi connectivity index (χ0) is 29.1. The smallest absolute Gasteiger partial charge is 0.256 e. The van der Waals surface area contributed by atoms with Crippen molar-refractivity contribution >= 4 is 83.0 Å². The third-order valence-electron chi connectivity index (χ3n) is 10.4. The first-order valence-corrected chi connectivity index (χ1v) is 15.6. The predicted octanol–water partition coefficient (Wildman–Crippen LogP) is 8.17. The second kappa shape index (κ2) is 7.46. The Hall–Kier alpha value is -5.22. The number of ether oxygens (including phenoxy) is 1. The molecule has 0 bridgehead atoms. The van der Waals surface area contributed by atoms with Crippen LogP contribution in [0.5, 0.6) is 11.5 Å². The summed E-state index contributed by atoms with van der Waals surface area (Å²) in [6.07, 6.45) is 0. The van der Waals surface area contributed by atoms with Crippen LogP contribution in [0, 0.1) is 0 Å². The molecule has 0 saturated carbocycles. The molecule has 9 aromatic rings. The van der Waals surface area contributed by atoms with Gasteiger partial charge in [-0.3, -0.25) is 0 Å². The van der Waals surface area contributed by atoms with E-state index in [0.29, 0.717) is 0 Å². The van der Waals surface area contributed by atoms with E-state index in [1.807, 2.05) is 0 Å². The quantitative estimate of drug-likeness (QED) is 0.171. The third kappa shape index (κ3) is 2.55. The highest BCUT2D eigenvalue weighted by Crippen LogP contribution is 2.46. The summed E-state index contributed by atoms with van der Waals surface area (Å²) < 4.78 is 11.9. The van der Waals surface area contributed by atoms with E-state index >= 15 is 0 Å². The number of fused-ring (bicyclic) bond motifs is 14. The topological polar surface area (TPSA) is 18.6 Å². The van der Waals surface area contributed by atoms with Crippen LogP contribution in [-0.2, 0) is 5.41 Å². The lowest BCUT2D eigenvalue weighted by molar-refractivity contribution is 0.483. The minimum absolute atomic E-state index is 0.0365. The fourth-order valence-electron chi connectivity index (χ4n) is 8.58. The van der Waals surface area contributed by atoms with E-state index in [4.69, 9.17) is 4.74 Å². The maximum atomic E-state index is 6.77. The lowest BCUT2D eigenvalue weighted by atomic mass is 9.34. The van der Waals surface area contributed by atoms with Crippen molar-refractivity contribution in [2.45, 2.75) is 26.2 Å². The molecule has 0 atom stereocenters. The summed E-state index contributed by atoms with van der Waals surface area (Å²) in [7, 11) is 0. The number of benzene rings is 6. The van der Waals surface area contributed by atoms with Crippen molar-refractivity contribution in [1.82, 2.24) is 8.97 Å². The van der Waals surface area contributed by atoms with E-state index in [-0.39, 0.29) is 12.1 Å². The van der Waals surface area contributed by atoms with E-state index < -0.39 is 0 Å². The first-order valence-electron chi connectivity index (χ1n) is 15.6. The van der Waals surface area contributed by atoms with Crippen molar-refractivity contribution < 1.29 is 4.74 Å². The fourth-order valence-corrected chi connectivity index (χ4v) is 8.58. The first kappa shape index (κ1) is 23.3. The Morgan fingerprint density at radius 3 is 2.16 bits per heavy atom. The highest BCUT2D eigenvalue weighted by atomic mass is 16.5. The summed E-state index contributed by atoms with van der Waals surface area (Å²) in [5.41, 5.74) is 12.8. The standard InChI is InChI=1S/C40H27BN2O/c1-40(2,3)22-20-32-36-34(21-22)44-33-17-7-5-14-28(33)41(36)29-15-9-12-25-26-18-19-31-35(39(26)43(32)38(25)29)27-13-8-11-24-23-10-4-6-16-30(23)42(31)37(24)27/h4-21H,1-3H3. The monoisotopic (exact) mass is 562 g/mol. The molecule has 3 nitrogen and oxygen atoms in total. The molecule has 5 heterocycles. The lowest BCUT2D eigenvalue weighted by Gasteiger charge is -2.35. The van der Waals surface area contributed by atoms with Gasteiger partial charge in [-0.25, -0.2) is 0 Å². The number of rotatable bonds is 0. The molecule has 0 amide bonds. The van der Waals surface area contributed by atoms with Crippen LogP contribution in [-0.4, -0.2) is 15.7 Å². The Labute approximate surface area is 254 Å². The summed E-state index contributed by atoms with van der Waals surface area (Å²) in [5, 5.41) is 7.87. The van der Waals surface area contributed by atoms with Crippen molar-refractivity contribution in [2.75, 3.05) is 0 Å². The van der Waals surface area contributed by atoms with Gasteiger partial charge in [0.2, 0.25) is 0 Å². The van der Waals surface area contributed by atoms with Crippen LogP contribution >= 0.6 is 0 Å². The maximum absolute atomic E-state index is 6.77. The molecule has 2 aliphatic rings. The second-order valence-corrected chi connectivity index (χ2v) is 13.7. The molecule has 0 radical (unpaired) electrons. The first-order chi connectivity index (χ1) is 21.5. The van der Waals surface area contributed by atoms with Gasteiger partial charge < -0.3 is 13.7 Å². The highest BCUT2D eigenvalue weighted by molar-refractivity contribution is 6.99. The molecular weight excluding hydrogens is 535 g/mol. The molecular formula is C40H27BN2O. The molecule has 2 aliphatic heterocycles. The molecule has 206 valence electrons. The van der Waals surface area contributed by atoms with Gasteiger partial charge in [0.15, 0.2) is 0 Å². The number of hydrogen-bond donors (Lipinski definition) is 0. The van der Waals surface area contributed by atoms with E-state index in [2.05, 4.69) is 139 Å². The normalized spacial score (nSPS) is 13.9. The largest absolute Gasteiger partial charge is 0.458 e. The van der Waals surface area contributed by atoms with Crippen LogP contribution in [0.4, 0.5) is 0 Å². The van der Waals surface area contributed by atoms with Crippen LogP contribution in [0.3, 0.4) is 0 Å². The molecule has 6 aromatic carbocycles. The molecule has 4 heteroatoms. The van der Waals surface area contributed by atoms with Gasteiger partial charge >= 0.3 is 0 Å². The molecule has 3 aromatic heterocycles. The summed E-state index contributed by atoms with van der Waals surface area (Å²) in [5.74, 6) is 1.94. The van der Waals surface area contributed by atoms with Crippen molar-refractivity contribution in [3.8, 4) is 17.2 Å². The summed E-state index contributed by atoms with van der Waals surface area (Å²) in [6, 6.07) is 40.6. The Morgan fingerprint density at radius 2 is 1.27 bits per heavy atom. The average molecular weight is 562 g/mol. The second-order valence-electron chi connectivity index (χ2n) is 13.7. The summed E-state index contributed by atoms with van der Waals surface area (Å²) >= 11 is 0. The molecule has 0 spiro atoms. The van der Waals surface area contributed by atoms with Gasteiger partial charge in [0, 0.05) is 43.5 Å². The van der Waals surface area contributed by atoms with Crippen LogP contribution in [0.15, 0.2) is 109 Å². The molecule has 11 rings (SSSR count). The molecule has 44 heavy (non-hydrogen) atoms. The highest BCUT2D eigenvalue weighted by Gasteiger charge is 2.41.